The van der Waals surface area contributed by atoms with Crippen molar-refractivity contribution < 1.29 is 4.92 Å². The summed E-state index contributed by atoms with van der Waals surface area (Å²) in [7, 11) is 1.70. The summed E-state index contributed by atoms with van der Waals surface area (Å²) in [6, 6.07) is 13.4. The van der Waals surface area contributed by atoms with Gasteiger partial charge in [-0.15, -0.1) is 0 Å². The van der Waals surface area contributed by atoms with Crippen molar-refractivity contribution in [3.63, 3.8) is 0 Å². The van der Waals surface area contributed by atoms with Crippen molar-refractivity contribution >= 4 is 28.7 Å². The highest BCUT2D eigenvalue weighted by molar-refractivity contribution is 6.30. The van der Waals surface area contributed by atoms with Crippen molar-refractivity contribution in [3.8, 4) is 6.07 Å². The number of benzene rings is 2. The fraction of sp³-hybridized carbons (Fsp3) is 0.0714. The lowest BCUT2D eigenvalue weighted by Crippen LogP contribution is -2.11. The molecule has 0 spiro atoms. The molecule has 0 fully saturated rings. The predicted octanol–water partition coefficient (Wildman–Crippen LogP) is 3.89. The molecule has 0 atom stereocenters. The molecule has 0 bridgehead atoms. The molecular weight excluding hydrogens is 278 g/mol. The van der Waals surface area contributed by atoms with Crippen molar-refractivity contribution in [3.05, 3.63) is 63.2 Å². The van der Waals surface area contributed by atoms with Crippen LogP contribution in [-0.2, 0) is 0 Å². The minimum Gasteiger partial charge on any atom is -0.339 e. The minimum absolute atomic E-state index is 0.0811. The topological polar surface area (TPSA) is 70.2 Å². The summed E-state index contributed by atoms with van der Waals surface area (Å²) in [6.45, 7) is 0. The molecule has 0 saturated heterocycles. The molecule has 0 aliphatic rings. The quantitative estimate of drug-likeness (QED) is 0.634. The summed E-state index contributed by atoms with van der Waals surface area (Å²) in [5.41, 5.74) is 1.51. The van der Waals surface area contributed by atoms with Gasteiger partial charge in [0.1, 0.15) is 5.69 Å². The molecule has 2 rings (SSSR count). The molecule has 0 amide bonds. The van der Waals surface area contributed by atoms with Crippen LogP contribution in [0.2, 0.25) is 5.02 Å². The number of nitrogens with zero attached hydrogens (tertiary/aromatic N) is 3. The van der Waals surface area contributed by atoms with E-state index in [0.717, 1.165) is 0 Å². The van der Waals surface area contributed by atoms with Crippen molar-refractivity contribution in [1.29, 1.82) is 5.26 Å². The number of nitriles is 1. The monoisotopic (exact) mass is 287 g/mol. The molecular formula is C14H10ClN3O2. The van der Waals surface area contributed by atoms with E-state index in [1.165, 1.54) is 6.07 Å². The zero-order valence-corrected chi connectivity index (χ0v) is 11.3. The number of nitro groups is 1. The van der Waals surface area contributed by atoms with Crippen LogP contribution >= 0.6 is 11.6 Å². The van der Waals surface area contributed by atoms with Crippen LogP contribution in [0.1, 0.15) is 5.56 Å². The molecule has 6 heteroatoms. The third kappa shape index (κ3) is 2.71. The van der Waals surface area contributed by atoms with Crippen LogP contribution in [0.5, 0.6) is 0 Å². The number of hydrogen-bond acceptors (Lipinski definition) is 4. The van der Waals surface area contributed by atoms with Gasteiger partial charge in [-0.05, 0) is 30.3 Å². The van der Waals surface area contributed by atoms with Gasteiger partial charge >= 0.3 is 0 Å². The van der Waals surface area contributed by atoms with Crippen LogP contribution in [0.4, 0.5) is 17.1 Å². The van der Waals surface area contributed by atoms with E-state index in [2.05, 4.69) is 0 Å². The van der Waals surface area contributed by atoms with E-state index in [9.17, 15) is 10.1 Å². The molecule has 0 N–H and O–H groups in total. The van der Waals surface area contributed by atoms with Gasteiger partial charge in [-0.25, -0.2) is 0 Å². The van der Waals surface area contributed by atoms with E-state index in [1.807, 2.05) is 6.07 Å². The van der Waals surface area contributed by atoms with Gasteiger partial charge in [-0.3, -0.25) is 10.1 Å². The average molecular weight is 288 g/mol. The normalized spacial score (nSPS) is 9.85. The lowest BCUT2D eigenvalue weighted by molar-refractivity contribution is -0.384. The molecule has 0 unspecified atom stereocenters. The molecule has 2 aromatic rings. The second kappa shape index (κ2) is 5.59. The molecule has 5 nitrogen and oxygen atoms in total. The van der Waals surface area contributed by atoms with Crippen molar-refractivity contribution in [2.24, 2.45) is 0 Å². The zero-order valence-electron chi connectivity index (χ0n) is 10.6. The number of hydrogen-bond donors (Lipinski definition) is 0. The lowest BCUT2D eigenvalue weighted by atomic mass is 10.2. The third-order valence-electron chi connectivity index (χ3n) is 2.86. The summed E-state index contributed by atoms with van der Waals surface area (Å²) in [5, 5.41) is 20.3. The Morgan fingerprint density at radius 3 is 2.70 bits per heavy atom. The number of halogens is 1. The molecule has 0 saturated carbocycles. The highest BCUT2D eigenvalue weighted by Crippen LogP contribution is 2.34. The first-order chi connectivity index (χ1) is 9.52. The van der Waals surface area contributed by atoms with Crippen molar-refractivity contribution in [1.82, 2.24) is 0 Å². The van der Waals surface area contributed by atoms with Crippen molar-refractivity contribution in [2.45, 2.75) is 0 Å². The Morgan fingerprint density at radius 1 is 1.30 bits per heavy atom. The van der Waals surface area contributed by atoms with Crippen LogP contribution in [0.15, 0.2) is 42.5 Å². The minimum atomic E-state index is -0.480. The van der Waals surface area contributed by atoms with Gasteiger partial charge in [0, 0.05) is 23.8 Å². The molecule has 0 aromatic heterocycles. The number of nitro benzene ring substituents is 1. The van der Waals surface area contributed by atoms with Gasteiger partial charge in [-0.2, -0.15) is 5.26 Å². The van der Waals surface area contributed by atoms with Gasteiger partial charge in [0.25, 0.3) is 5.69 Å². The number of anilines is 2. The summed E-state index contributed by atoms with van der Waals surface area (Å²) >= 11 is 5.79. The van der Waals surface area contributed by atoms with E-state index in [4.69, 9.17) is 16.9 Å². The van der Waals surface area contributed by atoms with E-state index in [-0.39, 0.29) is 5.69 Å². The van der Waals surface area contributed by atoms with E-state index in [1.54, 1.807) is 48.3 Å². The van der Waals surface area contributed by atoms with Gasteiger partial charge in [0.05, 0.1) is 16.6 Å². The third-order valence-corrected chi connectivity index (χ3v) is 3.09. The van der Waals surface area contributed by atoms with E-state index < -0.39 is 4.92 Å². The first kappa shape index (κ1) is 13.8. The summed E-state index contributed by atoms with van der Waals surface area (Å²) in [5.74, 6) is 0. The molecule has 0 radical (unpaired) electrons. The van der Waals surface area contributed by atoms with Crippen LogP contribution in [0.25, 0.3) is 0 Å². The van der Waals surface area contributed by atoms with Gasteiger partial charge in [0.15, 0.2) is 0 Å². The molecule has 0 aliphatic heterocycles. The summed E-state index contributed by atoms with van der Waals surface area (Å²) in [4.78, 5) is 12.3. The van der Waals surface area contributed by atoms with E-state index >= 15 is 0 Å². The maximum Gasteiger partial charge on any atom is 0.294 e. The molecule has 20 heavy (non-hydrogen) atoms. The second-order valence-corrected chi connectivity index (χ2v) is 4.55. The second-order valence-electron chi connectivity index (χ2n) is 4.11. The molecule has 0 heterocycles. The van der Waals surface area contributed by atoms with Crippen LogP contribution in [-0.4, -0.2) is 12.0 Å². The zero-order chi connectivity index (χ0) is 14.7. The van der Waals surface area contributed by atoms with Crippen molar-refractivity contribution in [2.75, 3.05) is 11.9 Å². The Bertz CT molecular complexity index is 710. The first-order valence-corrected chi connectivity index (χ1v) is 6.08. The number of rotatable bonds is 3. The van der Waals surface area contributed by atoms with E-state index in [0.29, 0.717) is 22.0 Å². The first-order valence-electron chi connectivity index (χ1n) is 5.71. The van der Waals surface area contributed by atoms with Gasteiger partial charge < -0.3 is 4.90 Å². The Kier molecular flexibility index (Phi) is 3.87. The largest absolute Gasteiger partial charge is 0.339 e. The predicted molar refractivity (Wildman–Crippen MR) is 77.3 cm³/mol. The van der Waals surface area contributed by atoms with Crippen LogP contribution in [0, 0.1) is 21.4 Å². The molecule has 2 aromatic carbocycles. The Morgan fingerprint density at radius 2 is 2.05 bits per heavy atom. The standard InChI is InChI=1S/C14H10ClN3O2/c1-17(12-4-2-3-10(7-12)9-16)13-6-5-11(15)8-14(13)18(19)20/h2-8H,1H3. The Labute approximate surface area is 120 Å². The fourth-order valence-corrected chi connectivity index (χ4v) is 2.02. The molecule has 0 aliphatic carbocycles. The maximum atomic E-state index is 11.1. The lowest BCUT2D eigenvalue weighted by Gasteiger charge is -2.19. The van der Waals surface area contributed by atoms with Gasteiger partial charge in [-0.1, -0.05) is 17.7 Å². The molecule has 100 valence electrons. The smallest absolute Gasteiger partial charge is 0.294 e. The SMILES string of the molecule is CN(c1cccc(C#N)c1)c1ccc(Cl)cc1[N+](=O)[O-]. The Hall–Kier alpha value is -2.58. The summed E-state index contributed by atoms with van der Waals surface area (Å²) < 4.78 is 0. The average Bonchev–Trinajstić information content (AvgIpc) is 2.46. The van der Waals surface area contributed by atoms with Crippen LogP contribution < -0.4 is 4.90 Å². The Balaban J connectivity index is 2.50. The van der Waals surface area contributed by atoms with Gasteiger partial charge in [0.2, 0.25) is 0 Å². The highest BCUT2D eigenvalue weighted by atomic mass is 35.5. The van der Waals surface area contributed by atoms with Crippen LogP contribution in [0.3, 0.4) is 0 Å². The highest BCUT2D eigenvalue weighted by Gasteiger charge is 2.18. The summed E-state index contributed by atoms with van der Waals surface area (Å²) in [6.07, 6.45) is 0. The maximum absolute atomic E-state index is 11.1. The fourth-order valence-electron chi connectivity index (χ4n) is 1.85.